The predicted molar refractivity (Wildman–Crippen MR) is 74.5 cm³/mol. The topological polar surface area (TPSA) is 74.6 Å². The van der Waals surface area contributed by atoms with E-state index in [4.69, 9.17) is 10.2 Å². The Labute approximate surface area is 111 Å². The fourth-order valence-corrected chi connectivity index (χ4v) is 0.481. The van der Waals surface area contributed by atoms with Crippen molar-refractivity contribution in [3.05, 3.63) is 0 Å². The molecule has 0 aliphatic carbocycles. The van der Waals surface area contributed by atoms with Gasteiger partial charge in [0.2, 0.25) is 0 Å². The van der Waals surface area contributed by atoms with E-state index in [0.29, 0.717) is 12.3 Å². The zero-order chi connectivity index (χ0) is 15.1. The maximum absolute atomic E-state index is 9.89. The Morgan fingerprint density at radius 3 is 1.44 bits per heavy atom. The van der Waals surface area contributed by atoms with Crippen LogP contribution in [0.4, 0.5) is 0 Å². The highest BCUT2D eigenvalue weighted by molar-refractivity contribution is 5.79. The van der Waals surface area contributed by atoms with Gasteiger partial charge in [-0.1, -0.05) is 27.7 Å². The highest BCUT2D eigenvalue weighted by Gasteiger charge is 1.97. The molecule has 0 amide bonds. The van der Waals surface area contributed by atoms with Crippen LogP contribution >= 0.6 is 0 Å². The van der Waals surface area contributed by atoms with E-state index in [0.717, 1.165) is 19.1 Å². The van der Waals surface area contributed by atoms with Gasteiger partial charge in [0.25, 0.3) is 0 Å². The van der Waals surface area contributed by atoms with E-state index in [2.05, 4.69) is 0 Å². The van der Waals surface area contributed by atoms with Crippen LogP contribution in [0, 0.1) is 5.92 Å². The molecule has 0 fully saturated rings. The summed E-state index contributed by atoms with van der Waals surface area (Å²) >= 11 is 0. The summed E-state index contributed by atoms with van der Waals surface area (Å²) in [4.78, 5) is 19.5. The molecule has 2 N–H and O–H groups in total. The fraction of sp³-hybridized carbons (Fsp3) is 0.857. The van der Waals surface area contributed by atoms with Crippen molar-refractivity contribution in [2.24, 2.45) is 5.92 Å². The van der Waals surface area contributed by atoms with Gasteiger partial charge >= 0.3 is 0 Å². The normalized spacial score (nSPS) is 11.0. The molecule has 0 radical (unpaired) electrons. The third-order valence-electron chi connectivity index (χ3n) is 2.10. The van der Waals surface area contributed by atoms with Crippen LogP contribution in [-0.4, -0.2) is 34.5 Å². The maximum Gasteiger partial charge on any atom is 0.157 e. The predicted octanol–water partition coefficient (Wildman–Crippen LogP) is 2.35. The van der Waals surface area contributed by atoms with Gasteiger partial charge in [0, 0.05) is 6.42 Å². The lowest BCUT2D eigenvalue weighted by atomic mass is 10.2. The molecule has 0 spiro atoms. The molecule has 0 saturated heterocycles. The number of aldehydes is 1. The van der Waals surface area contributed by atoms with E-state index < -0.39 is 6.10 Å². The summed E-state index contributed by atoms with van der Waals surface area (Å²) in [6.07, 6.45) is 2.56. The van der Waals surface area contributed by atoms with Gasteiger partial charge in [-0.15, -0.1) is 0 Å². The molecule has 1 unspecified atom stereocenters. The number of carbonyl (C=O) groups excluding carboxylic acids is 2. The van der Waals surface area contributed by atoms with E-state index in [-0.39, 0.29) is 11.9 Å². The molecule has 4 nitrogen and oxygen atoms in total. The Morgan fingerprint density at radius 1 is 1.11 bits per heavy atom. The summed E-state index contributed by atoms with van der Waals surface area (Å²) in [6, 6.07) is 0. The average Bonchev–Trinajstić information content (AvgIpc) is 2.29. The van der Waals surface area contributed by atoms with Crippen molar-refractivity contribution < 1.29 is 19.8 Å². The van der Waals surface area contributed by atoms with E-state index in [1.807, 2.05) is 27.7 Å². The van der Waals surface area contributed by atoms with Gasteiger partial charge in [0.05, 0.1) is 6.10 Å². The zero-order valence-corrected chi connectivity index (χ0v) is 12.6. The molecular formula is C14H30O4. The standard InChI is InChI=1S/C5H10O.C5H12O.C4H8O2/c1-5(2)3-4-6;1-3-5(6)4-2;1-3(5)4(2)6/h4-5H,3H2,1-2H3;5-6H,3-4H2,1-2H3;3,5H,1-2H3. The Kier molecular flexibility index (Phi) is 20.3. The monoisotopic (exact) mass is 262 g/mol. The average molecular weight is 262 g/mol. The molecule has 0 rings (SSSR count). The SMILES string of the molecule is CC(=O)C(C)O.CC(C)CC=O.CCC(O)CC. The maximum atomic E-state index is 9.89. The number of carbonyl (C=O) groups is 2. The van der Waals surface area contributed by atoms with Crippen molar-refractivity contribution in [1.82, 2.24) is 0 Å². The highest BCUT2D eigenvalue weighted by Crippen LogP contribution is 1.92. The number of Topliss-reactive ketones (excluding diaryl/α,β-unsaturated/α-hetero) is 1. The third kappa shape index (κ3) is 29.5. The van der Waals surface area contributed by atoms with Crippen LogP contribution in [0.15, 0.2) is 0 Å². The zero-order valence-electron chi connectivity index (χ0n) is 12.6. The minimum atomic E-state index is -0.787. The largest absolute Gasteiger partial charge is 0.393 e. The Morgan fingerprint density at radius 2 is 1.44 bits per heavy atom. The molecule has 0 aliphatic rings. The summed E-state index contributed by atoms with van der Waals surface area (Å²) in [5.74, 6) is 0.345. The van der Waals surface area contributed by atoms with Crippen molar-refractivity contribution in [2.75, 3.05) is 0 Å². The van der Waals surface area contributed by atoms with Crippen molar-refractivity contribution in [3.63, 3.8) is 0 Å². The van der Waals surface area contributed by atoms with Crippen molar-refractivity contribution in [1.29, 1.82) is 0 Å². The number of aliphatic hydroxyl groups excluding tert-OH is 2. The summed E-state index contributed by atoms with van der Waals surface area (Å²) in [5.41, 5.74) is 0. The second-order valence-electron chi connectivity index (χ2n) is 4.55. The third-order valence-corrected chi connectivity index (χ3v) is 2.10. The minimum Gasteiger partial charge on any atom is -0.393 e. The summed E-state index contributed by atoms with van der Waals surface area (Å²) < 4.78 is 0. The Balaban J connectivity index is -0.000000187. The number of aliphatic hydroxyl groups is 2. The van der Waals surface area contributed by atoms with Crippen LogP contribution in [-0.2, 0) is 9.59 Å². The molecular weight excluding hydrogens is 232 g/mol. The summed E-state index contributed by atoms with van der Waals surface area (Å²) in [5, 5.41) is 16.9. The van der Waals surface area contributed by atoms with Crippen molar-refractivity contribution >= 4 is 12.1 Å². The van der Waals surface area contributed by atoms with E-state index in [9.17, 15) is 9.59 Å². The molecule has 0 saturated carbocycles. The van der Waals surface area contributed by atoms with Crippen LogP contribution < -0.4 is 0 Å². The van der Waals surface area contributed by atoms with E-state index in [1.165, 1.54) is 13.8 Å². The molecule has 1 atom stereocenters. The molecule has 0 aliphatic heterocycles. The second kappa shape index (κ2) is 16.3. The minimum absolute atomic E-state index is 0.0648. The number of rotatable bonds is 5. The van der Waals surface area contributed by atoms with E-state index in [1.54, 1.807) is 0 Å². The lowest BCUT2D eigenvalue weighted by molar-refractivity contribution is -0.124. The van der Waals surface area contributed by atoms with Crippen LogP contribution in [0.1, 0.15) is 60.8 Å². The molecule has 0 aromatic heterocycles. The lowest BCUT2D eigenvalue weighted by Gasteiger charge is -1.98. The van der Waals surface area contributed by atoms with Crippen molar-refractivity contribution in [3.8, 4) is 0 Å². The number of hydrogen-bond acceptors (Lipinski definition) is 4. The van der Waals surface area contributed by atoms with Gasteiger partial charge in [-0.25, -0.2) is 0 Å². The quantitative estimate of drug-likeness (QED) is 0.746. The Hall–Kier alpha value is -0.740. The van der Waals surface area contributed by atoms with Crippen LogP contribution in [0.5, 0.6) is 0 Å². The number of hydrogen-bond donors (Lipinski definition) is 2. The van der Waals surface area contributed by atoms with Crippen LogP contribution in [0.25, 0.3) is 0 Å². The fourth-order valence-electron chi connectivity index (χ4n) is 0.481. The highest BCUT2D eigenvalue weighted by atomic mass is 16.3. The number of ketones is 1. The second-order valence-corrected chi connectivity index (χ2v) is 4.55. The molecule has 0 aromatic carbocycles. The summed E-state index contributed by atoms with van der Waals surface area (Å²) in [6.45, 7) is 10.8. The van der Waals surface area contributed by atoms with Gasteiger partial charge in [-0.2, -0.15) is 0 Å². The molecule has 0 aromatic rings. The smallest absolute Gasteiger partial charge is 0.157 e. The van der Waals surface area contributed by atoms with Gasteiger partial charge in [0.15, 0.2) is 5.78 Å². The van der Waals surface area contributed by atoms with Gasteiger partial charge in [0.1, 0.15) is 12.4 Å². The Bertz CT molecular complexity index is 184. The van der Waals surface area contributed by atoms with Crippen LogP contribution in [0.3, 0.4) is 0 Å². The van der Waals surface area contributed by atoms with E-state index >= 15 is 0 Å². The lowest BCUT2D eigenvalue weighted by Crippen LogP contribution is -2.10. The van der Waals surface area contributed by atoms with Crippen LogP contribution in [0.2, 0.25) is 0 Å². The van der Waals surface area contributed by atoms with Gasteiger partial charge in [-0.3, -0.25) is 4.79 Å². The first-order chi connectivity index (χ1) is 8.22. The first-order valence-electron chi connectivity index (χ1n) is 6.52. The summed E-state index contributed by atoms with van der Waals surface area (Å²) in [7, 11) is 0. The van der Waals surface area contributed by atoms with Crippen molar-refractivity contribution in [2.45, 2.75) is 73.0 Å². The first-order valence-corrected chi connectivity index (χ1v) is 6.52. The van der Waals surface area contributed by atoms with Gasteiger partial charge < -0.3 is 15.0 Å². The first kappa shape index (κ1) is 22.4. The molecule has 0 heterocycles. The molecule has 18 heavy (non-hydrogen) atoms. The molecule has 4 heteroatoms. The van der Waals surface area contributed by atoms with Gasteiger partial charge in [-0.05, 0) is 32.6 Å². The molecule has 110 valence electrons. The molecule has 0 bridgehead atoms.